The zero-order valence-electron chi connectivity index (χ0n) is 11.0. The van der Waals surface area contributed by atoms with Gasteiger partial charge in [0, 0.05) is 24.0 Å². The summed E-state index contributed by atoms with van der Waals surface area (Å²) in [6.07, 6.45) is 4.26. The molecule has 0 spiro atoms. The largest absolute Gasteiger partial charge is 0.256 e. The molecule has 0 unspecified atom stereocenters. The van der Waals surface area contributed by atoms with Gasteiger partial charge in [0.15, 0.2) is 0 Å². The molecule has 0 fully saturated rings. The van der Waals surface area contributed by atoms with Crippen molar-refractivity contribution in [3.05, 3.63) is 36.5 Å². The van der Waals surface area contributed by atoms with Gasteiger partial charge in [0.25, 0.3) is 0 Å². The highest BCUT2D eigenvalue weighted by Gasteiger charge is 2.16. The molecule has 1 N–H and O–H groups in total. The van der Waals surface area contributed by atoms with Crippen molar-refractivity contribution in [3.8, 4) is 0 Å². The van der Waals surface area contributed by atoms with E-state index in [-0.39, 0.29) is 4.90 Å². The summed E-state index contributed by atoms with van der Waals surface area (Å²) in [5.74, 6) is 0.613. The fourth-order valence-corrected chi connectivity index (χ4v) is 3.47. The van der Waals surface area contributed by atoms with E-state index < -0.39 is 10.0 Å². The Morgan fingerprint density at radius 2 is 1.95 bits per heavy atom. The van der Waals surface area contributed by atoms with Crippen LogP contribution in [0.2, 0.25) is 0 Å². The van der Waals surface area contributed by atoms with Crippen molar-refractivity contribution in [2.45, 2.75) is 24.2 Å². The van der Waals surface area contributed by atoms with Crippen molar-refractivity contribution in [3.63, 3.8) is 0 Å². The highest BCUT2D eigenvalue weighted by Crippen LogP contribution is 2.20. The van der Waals surface area contributed by atoms with Gasteiger partial charge < -0.3 is 0 Å². The molecule has 2 rings (SSSR count). The maximum atomic E-state index is 12.3. The molecule has 0 aliphatic rings. The van der Waals surface area contributed by atoms with Gasteiger partial charge in [0.1, 0.15) is 0 Å². The van der Waals surface area contributed by atoms with Crippen LogP contribution in [0.25, 0.3) is 10.9 Å². The molecule has 0 atom stereocenters. The minimum Gasteiger partial charge on any atom is -0.256 e. The molecule has 1 aromatic carbocycles. The second kappa shape index (κ2) is 7.02. The Labute approximate surface area is 124 Å². The third-order valence-electron chi connectivity index (χ3n) is 3.00. The van der Waals surface area contributed by atoms with Gasteiger partial charge >= 0.3 is 0 Å². The molecule has 6 heteroatoms. The van der Waals surface area contributed by atoms with Gasteiger partial charge in [-0.05, 0) is 37.1 Å². The van der Waals surface area contributed by atoms with E-state index in [1.807, 2.05) is 0 Å². The lowest BCUT2D eigenvalue weighted by atomic mass is 10.2. The van der Waals surface area contributed by atoms with E-state index in [1.54, 1.807) is 36.5 Å². The lowest BCUT2D eigenvalue weighted by Crippen LogP contribution is -2.25. The molecule has 108 valence electrons. The van der Waals surface area contributed by atoms with Crippen molar-refractivity contribution >= 4 is 32.5 Å². The number of aromatic nitrogens is 1. The normalized spacial score (nSPS) is 11.8. The number of halogens is 1. The van der Waals surface area contributed by atoms with Crippen molar-refractivity contribution in [1.29, 1.82) is 0 Å². The van der Waals surface area contributed by atoms with Crippen LogP contribution in [-0.4, -0.2) is 25.8 Å². The number of fused-ring (bicyclic) bond motifs is 1. The SMILES string of the molecule is O=S(=O)(NCCCCCCl)c1cccc2ncccc12. The Morgan fingerprint density at radius 3 is 2.75 bits per heavy atom. The molecule has 0 saturated carbocycles. The van der Waals surface area contributed by atoms with Crippen molar-refractivity contribution in [1.82, 2.24) is 9.71 Å². The zero-order chi connectivity index (χ0) is 14.4. The van der Waals surface area contributed by atoms with Gasteiger partial charge in [0.2, 0.25) is 10.0 Å². The fraction of sp³-hybridized carbons (Fsp3) is 0.357. The molecule has 0 radical (unpaired) electrons. The highest BCUT2D eigenvalue weighted by molar-refractivity contribution is 7.89. The third-order valence-corrected chi connectivity index (χ3v) is 4.78. The summed E-state index contributed by atoms with van der Waals surface area (Å²) in [4.78, 5) is 4.45. The molecule has 0 saturated heterocycles. The Kier molecular flexibility index (Phi) is 5.34. The van der Waals surface area contributed by atoms with E-state index in [1.165, 1.54) is 0 Å². The molecule has 20 heavy (non-hydrogen) atoms. The van der Waals surface area contributed by atoms with Gasteiger partial charge in [-0.3, -0.25) is 4.98 Å². The molecule has 0 amide bonds. The van der Waals surface area contributed by atoms with Crippen LogP contribution < -0.4 is 4.72 Å². The first-order chi connectivity index (χ1) is 9.65. The predicted molar refractivity (Wildman–Crippen MR) is 81.5 cm³/mol. The average molecular weight is 313 g/mol. The van der Waals surface area contributed by atoms with E-state index in [9.17, 15) is 8.42 Å². The first kappa shape index (κ1) is 15.2. The number of sulfonamides is 1. The predicted octanol–water partition coefficient (Wildman–Crippen LogP) is 2.92. The smallest absolute Gasteiger partial charge is 0.241 e. The minimum absolute atomic E-state index is 0.278. The van der Waals surface area contributed by atoms with Crippen LogP contribution in [0.1, 0.15) is 19.3 Å². The van der Waals surface area contributed by atoms with E-state index in [2.05, 4.69) is 9.71 Å². The molecule has 0 aliphatic heterocycles. The average Bonchev–Trinajstić information content (AvgIpc) is 2.46. The van der Waals surface area contributed by atoms with Crippen LogP contribution in [0.3, 0.4) is 0 Å². The van der Waals surface area contributed by atoms with Crippen molar-refractivity contribution in [2.75, 3.05) is 12.4 Å². The number of alkyl halides is 1. The fourth-order valence-electron chi connectivity index (χ4n) is 1.99. The first-order valence-electron chi connectivity index (χ1n) is 6.54. The maximum absolute atomic E-state index is 12.3. The molecule has 1 heterocycles. The van der Waals surface area contributed by atoms with E-state index in [0.29, 0.717) is 23.3 Å². The number of nitrogens with one attached hydrogen (secondary N) is 1. The molecular weight excluding hydrogens is 296 g/mol. The topological polar surface area (TPSA) is 59.1 Å². The van der Waals surface area contributed by atoms with Crippen molar-refractivity contribution in [2.24, 2.45) is 0 Å². The van der Waals surface area contributed by atoms with Crippen LogP contribution >= 0.6 is 11.6 Å². The summed E-state index contributed by atoms with van der Waals surface area (Å²) in [5, 5.41) is 0.642. The van der Waals surface area contributed by atoms with Crippen LogP contribution in [0.4, 0.5) is 0 Å². The number of unbranched alkanes of at least 4 members (excludes halogenated alkanes) is 2. The number of benzene rings is 1. The zero-order valence-corrected chi connectivity index (χ0v) is 12.6. The molecule has 0 bridgehead atoms. The second-order valence-corrected chi connectivity index (χ2v) is 6.59. The summed E-state index contributed by atoms with van der Waals surface area (Å²) >= 11 is 5.59. The lowest BCUT2D eigenvalue weighted by Gasteiger charge is -2.09. The van der Waals surface area contributed by atoms with Gasteiger partial charge in [0.05, 0.1) is 10.4 Å². The van der Waals surface area contributed by atoms with Gasteiger partial charge in [-0.15, -0.1) is 11.6 Å². The molecule has 0 aliphatic carbocycles. The number of hydrogen-bond acceptors (Lipinski definition) is 3. The van der Waals surface area contributed by atoms with Gasteiger partial charge in [-0.1, -0.05) is 12.5 Å². The monoisotopic (exact) mass is 312 g/mol. The summed E-state index contributed by atoms with van der Waals surface area (Å²) in [6, 6.07) is 8.61. The lowest BCUT2D eigenvalue weighted by molar-refractivity contribution is 0.577. The quantitative estimate of drug-likeness (QED) is 0.631. The number of hydrogen-bond donors (Lipinski definition) is 1. The molecule has 1 aromatic heterocycles. The minimum atomic E-state index is -3.50. The second-order valence-electron chi connectivity index (χ2n) is 4.47. The van der Waals surface area contributed by atoms with Crippen LogP contribution in [0.15, 0.2) is 41.4 Å². The van der Waals surface area contributed by atoms with Gasteiger partial charge in [-0.2, -0.15) is 0 Å². The Morgan fingerprint density at radius 1 is 1.10 bits per heavy atom. The van der Waals surface area contributed by atoms with E-state index in [0.717, 1.165) is 19.3 Å². The standard InChI is InChI=1S/C14H17ClN2O2S/c15-9-2-1-3-11-17-20(18,19)14-8-4-7-13-12(14)6-5-10-16-13/h4-8,10,17H,1-3,9,11H2. The molecule has 4 nitrogen and oxygen atoms in total. The molecule has 2 aromatic rings. The number of rotatable bonds is 7. The van der Waals surface area contributed by atoms with E-state index in [4.69, 9.17) is 11.6 Å². The highest BCUT2D eigenvalue weighted by atomic mass is 35.5. The first-order valence-corrected chi connectivity index (χ1v) is 8.56. The van der Waals surface area contributed by atoms with Crippen LogP contribution in [0, 0.1) is 0 Å². The van der Waals surface area contributed by atoms with Crippen LogP contribution in [0.5, 0.6) is 0 Å². The third kappa shape index (κ3) is 3.69. The summed E-state index contributed by atoms with van der Waals surface area (Å²) in [7, 11) is -3.50. The Hall–Kier alpha value is -1.17. The van der Waals surface area contributed by atoms with Crippen LogP contribution in [-0.2, 0) is 10.0 Å². The Bertz CT molecular complexity index is 668. The molecular formula is C14H17ClN2O2S. The van der Waals surface area contributed by atoms with E-state index >= 15 is 0 Å². The summed E-state index contributed by atoms with van der Waals surface area (Å²) in [6.45, 7) is 0.426. The van der Waals surface area contributed by atoms with Gasteiger partial charge in [-0.25, -0.2) is 13.1 Å². The Balaban J connectivity index is 2.15. The maximum Gasteiger partial charge on any atom is 0.241 e. The number of nitrogens with zero attached hydrogens (tertiary/aromatic N) is 1. The van der Waals surface area contributed by atoms with Crippen molar-refractivity contribution < 1.29 is 8.42 Å². The summed E-state index contributed by atoms with van der Waals surface area (Å²) in [5.41, 5.74) is 0.678. The summed E-state index contributed by atoms with van der Waals surface area (Å²) < 4.78 is 27.3. The number of pyridine rings is 1.